The lowest BCUT2D eigenvalue weighted by molar-refractivity contribution is -0.137. The van der Waals surface area contributed by atoms with Crippen molar-refractivity contribution < 1.29 is 31.5 Å². The highest BCUT2D eigenvalue weighted by molar-refractivity contribution is 5.91. The molecule has 1 rings (SSSR count). The third-order valence-electron chi connectivity index (χ3n) is 2.00. The third-order valence-corrected chi connectivity index (χ3v) is 2.00. The van der Waals surface area contributed by atoms with Gasteiger partial charge in [0, 0.05) is 0 Å². The molecule has 1 aromatic rings. The number of ether oxygens (including phenoxy) is 1. The summed E-state index contributed by atoms with van der Waals surface area (Å²) in [6.45, 7) is 0. The monoisotopic (exact) mass is 270 g/mol. The molecule has 0 aliphatic carbocycles. The summed E-state index contributed by atoms with van der Waals surface area (Å²) in [5.41, 5.74) is 1.36. The number of hydrogen-bond acceptors (Lipinski definition) is 4. The summed E-state index contributed by atoms with van der Waals surface area (Å²) >= 11 is 0. The first-order valence-corrected chi connectivity index (χ1v) is 4.42. The fourth-order valence-electron chi connectivity index (χ4n) is 1.21. The SMILES string of the molecule is COC(=O)c1cc(C(F)(F)F)c(N)nc1C(F)F. The molecule has 9 heteroatoms. The minimum atomic E-state index is -4.90. The largest absolute Gasteiger partial charge is 0.465 e. The van der Waals surface area contributed by atoms with Crippen LogP contribution in [0.4, 0.5) is 27.8 Å². The van der Waals surface area contributed by atoms with Gasteiger partial charge in [-0.05, 0) is 6.07 Å². The minimum Gasteiger partial charge on any atom is -0.465 e. The molecule has 0 atom stereocenters. The van der Waals surface area contributed by atoms with E-state index >= 15 is 0 Å². The first kappa shape index (κ1) is 14.1. The molecule has 0 aliphatic heterocycles. The van der Waals surface area contributed by atoms with Gasteiger partial charge in [0.25, 0.3) is 6.43 Å². The second kappa shape index (κ2) is 4.75. The Hall–Kier alpha value is -1.93. The van der Waals surface area contributed by atoms with Crippen molar-refractivity contribution in [2.24, 2.45) is 0 Å². The molecule has 100 valence electrons. The fraction of sp³-hybridized carbons (Fsp3) is 0.333. The van der Waals surface area contributed by atoms with Crippen LogP contribution in [0.5, 0.6) is 0 Å². The Balaban J connectivity index is 3.50. The molecule has 1 aromatic heterocycles. The average Bonchev–Trinajstić information content (AvgIpc) is 2.25. The Morgan fingerprint density at radius 3 is 2.39 bits per heavy atom. The summed E-state index contributed by atoms with van der Waals surface area (Å²) in [6.07, 6.45) is -8.15. The number of methoxy groups -OCH3 is 1. The molecule has 4 nitrogen and oxygen atoms in total. The summed E-state index contributed by atoms with van der Waals surface area (Å²) in [7, 11) is 0.848. The maximum absolute atomic E-state index is 12.5. The van der Waals surface area contributed by atoms with E-state index in [1.54, 1.807) is 0 Å². The number of halogens is 5. The first-order valence-electron chi connectivity index (χ1n) is 4.42. The Bertz CT molecular complexity index is 473. The Morgan fingerprint density at radius 1 is 1.44 bits per heavy atom. The lowest BCUT2D eigenvalue weighted by atomic mass is 10.1. The van der Waals surface area contributed by atoms with Crippen LogP contribution < -0.4 is 5.73 Å². The lowest BCUT2D eigenvalue weighted by Gasteiger charge is -2.13. The van der Waals surface area contributed by atoms with E-state index < -0.39 is 41.2 Å². The highest BCUT2D eigenvalue weighted by atomic mass is 19.4. The number of carbonyl (C=O) groups excluding carboxylic acids is 1. The van der Waals surface area contributed by atoms with E-state index in [0.29, 0.717) is 0 Å². The molecule has 0 fully saturated rings. The van der Waals surface area contributed by atoms with Crippen molar-refractivity contribution in [3.8, 4) is 0 Å². The van der Waals surface area contributed by atoms with Crippen LogP contribution in [0.1, 0.15) is 28.0 Å². The van der Waals surface area contributed by atoms with Crippen LogP contribution in [0.15, 0.2) is 6.07 Å². The molecular formula is C9H7F5N2O2. The van der Waals surface area contributed by atoms with Crippen molar-refractivity contribution in [1.82, 2.24) is 4.98 Å². The van der Waals surface area contributed by atoms with Crippen LogP contribution in [-0.2, 0) is 10.9 Å². The molecule has 0 unspecified atom stereocenters. The van der Waals surface area contributed by atoms with Crippen molar-refractivity contribution in [3.63, 3.8) is 0 Å². The number of rotatable bonds is 2. The van der Waals surface area contributed by atoms with Crippen molar-refractivity contribution in [2.45, 2.75) is 12.6 Å². The number of nitrogens with zero attached hydrogens (tertiary/aromatic N) is 1. The quantitative estimate of drug-likeness (QED) is 0.662. The van der Waals surface area contributed by atoms with Crippen molar-refractivity contribution in [2.75, 3.05) is 12.8 Å². The van der Waals surface area contributed by atoms with Gasteiger partial charge < -0.3 is 10.5 Å². The molecule has 0 aliphatic rings. The van der Waals surface area contributed by atoms with Gasteiger partial charge in [-0.2, -0.15) is 13.2 Å². The van der Waals surface area contributed by atoms with Gasteiger partial charge in [-0.15, -0.1) is 0 Å². The van der Waals surface area contributed by atoms with E-state index in [1.165, 1.54) is 0 Å². The molecule has 0 bridgehead atoms. The molecule has 0 spiro atoms. The van der Waals surface area contributed by atoms with Crippen LogP contribution in [-0.4, -0.2) is 18.1 Å². The predicted molar refractivity (Wildman–Crippen MR) is 49.9 cm³/mol. The van der Waals surface area contributed by atoms with Crippen LogP contribution >= 0.6 is 0 Å². The van der Waals surface area contributed by atoms with Crippen LogP contribution in [0.2, 0.25) is 0 Å². The van der Waals surface area contributed by atoms with E-state index in [9.17, 15) is 26.7 Å². The highest BCUT2D eigenvalue weighted by Crippen LogP contribution is 2.35. The number of aromatic nitrogens is 1. The second-order valence-corrected chi connectivity index (χ2v) is 3.14. The number of nitrogens with two attached hydrogens (primary N) is 1. The Morgan fingerprint density at radius 2 is 2.00 bits per heavy atom. The Labute approximate surface area is 97.6 Å². The summed E-state index contributed by atoms with van der Waals surface area (Å²) < 4.78 is 66.6. The van der Waals surface area contributed by atoms with Crippen molar-refractivity contribution in [3.05, 3.63) is 22.9 Å². The molecule has 0 aromatic carbocycles. The summed E-state index contributed by atoms with van der Waals surface area (Å²) in [4.78, 5) is 14.0. The maximum atomic E-state index is 12.5. The lowest BCUT2D eigenvalue weighted by Crippen LogP contribution is -2.16. The number of nitrogen functional groups attached to an aromatic ring is 1. The maximum Gasteiger partial charge on any atom is 0.419 e. The summed E-state index contributed by atoms with van der Waals surface area (Å²) in [5, 5.41) is 0. The summed E-state index contributed by atoms with van der Waals surface area (Å²) in [5.74, 6) is -2.46. The molecule has 0 saturated carbocycles. The number of esters is 1. The van der Waals surface area contributed by atoms with Gasteiger partial charge in [0.15, 0.2) is 0 Å². The topological polar surface area (TPSA) is 65.2 Å². The number of hydrogen-bond donors (Lipinski definition) is 1. The highest BCUT2D eigenvalue weighted by Gasteiger charge is 2.36. The van der Waals surface area contributed by atoms with E-state index in [-0.39, 0.29) is 6.07 Å². The van der Waals surface area contributed by atoms with Gasteiger partial charge in [0.05, 0.1) is 18.2 Å². The zero-order valence-electron chi connectivity index (χ0n) is 8.89. The van der Waals surface area contributed by atoms with E-state index in [0.717, 1.165) is 7.11 Å². The number of anilines is 1. The van der Waals surface area contributed by atoms with Gasteiger partial charge in [0.1, 0.15) is 11.5 Å². The smallest absolute Gasteiger partial charge is 0.419 e. The van der Waals surface area contributed by atoms with E-state index in [1.807, 2.05) is 0 Å². The fourth-order valence-corrected chi connectivity index (χ4v) is 1.21. The number of carbonyl (C=O) groups is 1. The normalized spacial score (nSPS) is 11.7. The van der Waals surface area contributed by atoms with E-state index in [4.69, 9.17) is 5.73 Å². The molecule has 0 radical (unpaired) electrons. The minimum absolute atomic E-state index is 0.204. The molecule has 0 amide bonds. The molecule has 18 heavy (non-hydrogen) atoms. The van der Waals surface area contributed by atoms with Crippen LogP contribution in [0, 0.1) is 0 Å². The van der Waals surface area contributed by atoms with Gasteiger partial charge in [-0.3, -0.25) is 0 Å². The molecule has 1 heterocycles. The van der Waals surface area contributed by atoms with E-state index in [2.05, 4.69) is 9.72 Å². The molecular weight excluding hydrogens is 263 g/mol. The summed E-state index contributed by atoms with van der Waals surface area (Å²) in [6, 6.07) is 0.204. The van der Waals surface area contributed by atoms with Crippen LogP contribution in [0.25, 0.3) is 0 Å². The standard InChI is InChI=1S/C9H7F5N2O2/c1-18-8(17)3-2-4(9(12,13)14)7(15)16-5(3)6(10)11/h2,6H,1H3,(H2,15,16). The average molecular weight is 270 g/mol. The van der Waals surface area contributed by atoms with Gasteiger partial charge >= 0.3 is 12.1 Å². The van der Waals surface area contributed by atoms with Crippen LogP contribution in [0.3, 0.4) is 0 Å². The second-order valence-electron chi connectivity index (χ2n) is 3.14. The van der Waals surface area contributed by atoms with Gasteiger partial charge in [0.2, 0.25) is 0 Å². The third kappa shape index (κ3) is 2.66. The van der Waals surface area contributed by atoms with Gasteiger partial charge in [-0.25, -0.2) is 18.6 Å². The molecule has 2 N–H and O–H groups in total. The zero-order chi connectivity index (χ0) is 14.1. The van der Waals surface area contributed by atoms with Gasteiger partial charge in [-0.1, -0.05) is 0 Å². The number of pyridine rings is 1. The Kier molecular flexibility index (Phi) is 3.73. The number of alkyl halides is 5. The van der Waals surface area contributed by atoms with Crippen molar-refractivity contribution >= 4 is 11.8 Å². The first-order chi connectivity index (χ1) is 8.18. The van der Waals surface area contributed by atoms with Crippen molar-refractivity contribution in [1.29, 1.82) is 0 Å². The molecule has 0 saturated heterocycles. The zero-order valence-corrected chi connectivity index (χ0v) is 8.89. The predicted octanol–water partition coefficient (Wildman–Crippen LogP) is 2.41.